The summed E-state index contributed by atoms with van der Waals surface area (Å²) in [4.78, 5) is 20.0. The number of ether oxygens (including phenoxy) is 1. The van der Waals surface area contributed by atoms with Crippen molar-refractivity contribution in [1.82, 2.24) is 19.6 Å². The number of halogens is 2. The van der Waals surface area contributed by atoms with E-state index in [9.17, 15) is 9.18 Å². The van der Waals surface area contributed by atoms with E-state index in [2.05, 4.69) is 15.6 Å². The summed E-state index contributed by atoms with van der Waals surface area (Å²) in [7, 11) is 0. The first-order valence-electron chi connectivity index (χ1n) is 11.0. The summed E-state index contributed by atoms with van der Waals surface area (Å²) in [5.74, 6) is 1.47. The van der Waals surface area contributed by atoms with Gasteiger partial charge in [0.15, 0.2) is 0 Å². The van der Waals surface area contributed by atoms with Crippen molar-refractivity contribution in [1.29, 1.82) is 0 Å². The molecule has 1 amide bonds. The molecule has 10 heteroatoms. The van der Waals surface area contributed by atoms with Gasteiger partial charge in [-0.05, 0) is 42.5 Å². The maximum Gasteiger partial charge on any atom is 0.401 e. The lowest BCUT2D eigenvalue weighted by Gasteiger charge is -2.10. The molecule has 2 aromatic carbocycles. The van der Waals surface area contributed by atoms with Gasteiger partial charge < -0.3 is 10.1 Å². The second kappa shape index (κ2) is 10.4. The molecule has 0 unspecified atom stereocenters. The van der Waals surface area contributed by atoms with Gasteiger partial charge in [-0.1, -0.05) is 24.3 Å². The number of carbonyl (C=O) groups is 1. The molecule has 0 saturated carbocycles. The molecule has 5 aromatic rings. The van der Waals surface area contributed by atoms with E-state index in [1.165, 1.54) is 0 Å². The minimum absolute atomic E-state index is 0.323. The largest absolute Gasteiger partial charge is 0.492 e. The number of aromatic nitrogens is 4. The minimum atomic E-state index is -1.63. The standard InChI is InChI=1S/C26H20ClFN6O2/c27-11-14-36-20-8-4-7-19(16-20)31-26-29-12-10-21(32-26)23-22-9-1-2-13-34(22)33-24(23)17-5-3-6-18(15-17)30-25(28)35/h1-10,12-13,15-16H,11,14H2,(H,30,35)(H,29,31,32). The zero-order chi connectivity index (χ0) is 24.9. The van der Waals surface area contributed by atoms with Gasteiger partial charge in [-0.25, -0.2) is 19.3 Å². The lowest BCUT2D eigenvalue weighted by molar-refractivity contribution is 0.235. The van der Waals surface area contributed by atoms with Crippen LogP contribution in [0.5, 0.6) is 5.75 Å². The fraction of sp³-hybridized carbons (Fsp3) is 0.0769. The Bertz CT molecular complexity index is 1540. The zero-order valence-corrected chi connectivity index (χ0v) is 19.6. The first-order chi connectivity index (χ1) is 17.6. The number of rotatable bonds is 8. The fourth-order valence-electron chi connectivity index (χ4n) is 3.82. The first kappa shape index (κ1) is 23.3. The Kier molecular flexibility index (Phi) is 6.72. The highest BCUT2D eigenvalue weighted by atomic mass is 35.5. The molecule has 3 aromatic heterocycles. The summed E-state index contributed by atoms with van der Waals surface area (Å²) < 4.78 is 20.3. The van der Waals surface area contributed by atoms with E-state index in [1.54, 1.807) is 35.0 Å². The van der Waals surface area contributed by atoms with Crippen molar-refractivity contribution in [2.24, 2.45) is 0 Å². The van der Waals surface area contributed by atoms with Gasteiger partial charge in [-0.2, -0.15) is 5.10 Å². The smallest absolute Gasteiger partial charge is 0.401 e. The average Bonchev–Trinajstić information content (AvgIpc) is 3.27. The van der Waals surface area contributed by atoms with E-state index in [0.717, 1.165) is 16.8 Å². The maximum absolute atomic E-state index is 12.9. The fourth-order valence-corrected chi connectivity index (χ4v) is 3.90. The van der Waals surface area contributed by atoms with E-state index < -0.39 is 6.16 Å². The Balaban J connectivity index is 1.55. The predicted octanol–water partition coefficient (Wildman–Crippen LogP) is 6.32. The number of nitrogens with one attached hydrogen (secondary N) is 2. The summed E-state index contributed by atoms with van der Waals surface area (Å²) >= 11 is 5.71. The summed E-state index contributed by atoms with van der Waals surface area (Å²) in [6.45, 7) is 0.407. The van der Waals surface area contributed by atoms with Gasteiger partial charge >= 0.3 is 6.16 Å². The summed E-state index contributed by atoms with van der Waals surface area (Å²) in [6.07, 6.45) is 1.86. The number of pyridine rings is 1. The van der Waals surface area contributed by atoms with Crippen LogP contribution in [0, 0.1) is 0 Å². The van der Waals surface area contributed by atoms with Crippen LogP contribution in [0.2, 0.25) is 0 Å². The Morgan fingerprint density at radius 1 is 1.03 bits per heavy atom. The quantitative estimate of drug-likeness (QED) is 0.146. The number of nitrogens with zero attached hydrogens (tertiary/aromatic N) is 4. The second-order valence-electron chi connectivity index (χ2n) is 7.69. The van der Waals surface area contributed by atoms with Gasteiger partial charge in [0.05, 0.1) is 22.7 Å². The third kappa shape index (κ3) is 5.11. The van der Waals surface area contributed by atoms with Crippen LogP contribution in [0.4, 0.5) is 26.5 Å². The minimum Gasteiger partial charge on any atom is -0.492 e. The third-order valence-electron chi connectivity index (χ3n) is 5.27. The lowest BCUT2D eigenvalue weighted by Crippen LogP contribution is -2.02. The van der Waals surface area contributed by atoms with E-state index in [-0.39, 0.29) is 0 Å². The maximum atomic E-state index is 12.9. The summed E-state index contributed by atoms with van der Waals surface area (Å²) in [5.41, 5.74) is 4.63. The van der Waals surface area contributed by atoms with Crippen LogP contribution in [-0.2, 0) is 0 Å². The summed E-state index contributed by atoms with van der Waals surface area (Å²) in [5, 5.41) is 10.1. The monoisotopic (exact) mass is 502 g/mol. The highest BCUT2D eigenvalue weighted by Gasteiger charge is 2.18. The van der Waals surface area contributed by atoms with Crippen LogP contribution in [-0.4, -0.2) is 38.2 Å². The molecule has 8 nitrogen and oxygen atoms in total. The third-order valence-corrected chi connectivity index (χ3v) is 5.42. The van der Waals surface area contributed by atoms with Gasteiger partial charge in [0.1, 0.15) is 18.1 Å². The lowest BCUT2D eigenvalue weighted by atomic mass is 10.0. The highest BCUT2D eigenvalue weighted by Crippen LogP contribution is 2.35. The molecule has 0 radical (unpaired) electrons. The van der Waals surface area contributed by atoms with Crippen LogP contribution < -0.4 is 15.4 Å². The molecule has 0 atom stereocenters. The predicted molar refractivity (Wildman–Crippen MR) is 138 cm³/mol. The molecule has 0 aliphatic carbocycles. The Labute approximate surface area is 210 Å². The van der Waals surface area contributed by atoms with E-state index >= 15 is 0 Å². The van der Waals surface area contributed by atoms with Crippen molar-refractivity contribution >= 4 is 40.6 Å². The number of hydrogen-bond donors (Lipinski definition) is 2. The van der Waals surface area contributed by atoms with Crippen LogP contribution in [0.15, 0.2) is 85.2 Å². The molecule has 0 fully saturated rings. The summed E-state index contributed by atoms with van der Waals surface area (Å²) in [6, 6.07) is 21.8. The molecule has 0 aliphatic rings. The van der Waals surface area contributed by atoms with Crippen molar-refractivity contribution in [2.45, 2.75) is 0 Å². The number of anilines is 3. The van der Waals surface area contributed by atoms with Gasteiger partial charge in [0, 0.05) is 35.4 Å². The van der Waals surface area contributed by atoms with Crippen LogP contribution >= 0.6 is 11.6 Å². The molecular formula is C26H20ClFN6O2. The Morgan fingerprint density at radius 3 is 2.75 bits per heavy atom. The Hall–Kier alpha value is -4.50. The van der Waals surface area contributed by atoms with Crippen molar-refractivity contribution in [3.63, 3.8) is 0 Å². The SMILES string of the molecule is O=C(F)Nc1cccc(-c2nn3ccccc3c2-c2ccnc(Nc3cccc(OCCCl)c3)n2)c1. The second-order valence-corrected chi connectivity index (χ2v) is 8.07. The molecule has 36 heavy (non-hydrogen) atoms. The molecule has 180 valence electrons. The van der Waals surface area contributed by atoms with Crippen molar-refractivity contribution in [2.75, 3.05) is 23.1 Å². The van der Waals surface area contributed by atoms with Crippen LogP contribution in [0.25, 0.3) is 28.0 Å². The Morgan fingerprint density at radius 2 is 1.89 bits per heavy atom. The van der Waals surface area contributed by atoms with Gasteiger partial charge in [0.2, 0.25) is 5.95 Å². The molecule has 0 saturated heterocycles. The van der Waals surface area contributed by atoms with Crippen molar-refractivity contribution in [3.05, 3.63) is 85.2 Å². The zero-order valence-electron chi connectivity index (χ0n) is 18.9. The number of amides is 1. The molecule has 0 aliphatic heterocycles. The number of hydrogen-bond acceptors (Lipinski definition) is 6. The first-order valence-corrected chi connectivity index (χ1v) is 11.6. The molecular weight excluding hydrogens is 483 g/mol. The van der Waals surface area contributed by atoms with E-state index in [0.29, 0.717) is 46.8 Å². The number of benzene rings is 2. The number of alkyl halides is 1. The van der Waals surface area contributed by atoms with Gasteiger partial charge in [-0.15, -0.1) is 16.0 Å². The molecule has 0 bridgehead atoms. The molecule has 5 rings (SSSR count). The highest BCUT2D eigenvalue weighted by molar-refractivity contribution is 6.18. The topological polar surface area (TPSA) is 93.4 Å². The number of carbonyl (C=O) groups excluding carboxylic acids is 1. The van der Waals surface area contributed by atoms with E-state index in [4.69, 9.17) is 26.4 Å². The molecule has 0 spiro atoms. The van der Waals surface area contributed by atoms with E-state index in [1.807, 2.05) is 54.7 Å². The van der Waals surface area contributed by atoms with Crippen molar-refractivity contribution < 1.29 is 13.9 Å². The average molecular weight is 503 g/mol. The van der Waals surface area contributed by atoms with Crippen LogP contribution in [0.1, 0.15) is 0 Å². The number of fused-ring (bicyclic) bond motifs is 1. The van der Waals surface area contributed by atoms with Gasteiger partial charge in [-0.3, -0.25) is 5.32 Å². The van der Waals surface area contributed by atoms with Crippen molar-refractivity contribution in [3.8, 4) is 28.3 Å². The van der Waals surface area contributed by atoms with Crippen LogP contribution in [0.3, 0.4) is 0 Å². The molecule has 2 N–H and O–H groups in total. The molecule has 3 heterocycles. The normalized spacial score (nSPS) is 10.8. The van der Waals surface area contributed by atoms with Gasteiger partial charge in [0.25, 0.3) is 0 Å².